The predicted octanol–water partition coefficient (Wildman–Crippen LogP) is 9.50. The quantitative estimate of drug-likeness (QED) is 0.0432. The highest BCUT2D eigenvalue weighted by Crippen LogP contribution is 2.44. The molecule has 2 saturated heterocycles. The van der Waals surface area contributed by atoms with Crippen LogP contribution in [0.25, 0.3) is 16.6 Å². The van der Waals surface area contributed by atoms with Crippen molar-refractivity contribution in [3.63, 3.8) is 0 Å². The lowest BCUT2D eigenvalue weighted by Gasteiger charge is -2.40. The number of allylic oxidation sites excluding steroid dienone is 1. The molecule has 1 amide bonds. The lowest BCUT2D eigenvalue weighted by molar-refractivity contribution is -0.384. The van der Waals surface area contributed by atoms with E-state index < -0.39 is 40.5 Å². The normalized spacial score (nSPS) is 20.2. The van der Waals surface area contributed by atoms with E-state index in [1.807, 2.05) is 47.2 Å². The largest absolute Gasteiger partial charge is 0.377 e. The summed E-state index contributed by atoms with van der Waals surface area (Å²) < 4.78 is 49.4. The number of anilines is 2. The molecule has 18 heteroatoms. The van der Waals surface area contributed by atoms with E-state index in [0.717, 1.165) is 95.7 Å². The van der Waals surface area contributed by atoms with Crippen LogP contribution in [-0.2, 0) is 31.0 Å². The maximum absolute atomic E-state index is 14.7. The minimum absolute atomic E-state index is 0.130. The molecule has 0 saturated carbocycles. The monoisotopic (exact) mass is 1010 g/mol. The number of halogens is 1. The summed E-state index contributed by atoms with van der Waals surface area (Å²) in [5.74, 6) is -1.29. The third-order valence-corrected chi connectivity index (χ3v) is 17.9. The average Bonchev–Trinajstić information content (AvgIpc) is 3.75. The van der Waals surface area contributed by atoms with Gasteiger partial charge in [-0.3, -0.25) is 19.8 Å². The molecule has 1 N–H and O–H groups in total. The number of nitrogens with one attached hydrogen (secondary N) is 1. The zero-order chi connectivity index (χ0) is 49.4. The van der Waals surface area contributed by atoms with Crippen LogP contribution in [0.1, 0.15) is 66.1 Å². The second kappa shape index (κ2) is 20.5. The maximum atomic E-state index is 14.7. The van der Waals surface area contributed by atoms with E-state index in [9.17, 15) is 23.3 Å². The highest BCUT2D eigenvalue weighted by molar-refractivity contribution is 7.89. The summed E-state index contributed by atoms with van der Waals surface area (Å²) in [6.07, 6.45) is 6.60. The van der Waals surface area contributed by atoms with Crippen LogP contribution in [0.5, 0.6) is 0 Å². The molecule has 5 aromatic rings. The molecule has 1 aliphatic carbocycles. The van der Waals surface area contributed by atoms with E-state index in [4.69, 9.17) is 30.8 Å². The van der Waals surface area contributed by atoms with Gasteiger partial charge in [-0.25, -0.2) is 17.7 Å². The minimum atomic E-state index is -4.60. The highest BCUT2D eigenvalue weighted by Gasteiger charge is 2.41. The third kappa shape index (κ3) is 11.2. The number of benzene rings is 3. The van der Waals surface area contributed by atoms with Crippen molar-refractivity contribution in [3.8, 4) is 0 Å². The van der Waals surface area contributed by atoms with Crippen LogP contribution in [0.3, 0.4) is 0 Å². The molecule has 0 spiro atoms. The van der Waals surface area contributed by atoms with Gasteiger partial charge in [0.25, 0.3) is 21.6 Å². The van der Waals surface area contributed by atoms with Gasteiger partial charge in [0.2, 0.25) is 0 Å². The molecule has 3 aliphatic heterocycles. The van der Waals surface area contributed by atoms with Crippen LogP contribution in [0.2, 0.25) is 30.7 Å². The molecule has 5 heterocycles. The molecular weight excluding hydrogens is 946 g/mol. The fourth-order valence-corrected chi connectivity index (χ4v) is 12.3. The summed E-state index contributed by atoms with van der Waals surface area (Å²) in [6.45, 7) is 18.0. The molecule has 2 atom stereocenters. The van der Waals surface area contributed by atoms with E-state index >= 15 is 0 Å². The number of amides is 1. The number of nitrogens with zero attached hydrogens (tertiary/aromatic N) is 6. The number of nitro benzene ring substituents is 1. The van der Waals surface area contributed by atoms with Crippen molar-refractivity contribution >= 4 is 69.3 Å². The molecule has 70 heavy (non-hydrogen) atoms. The number of aromatic nitrogens is 2. The fourth-order valence-electron chi connectivity index (χ4n) is 10.0. The van der Waals surface area contributed by atoms with Crippen molar-refractivity contribution in [2.45, 2.75) is 82.4 Å². The molecule has 2 fully saturated rings. The number of rotatable bonds is 16. The van der Waals surface area contributed by atoms with Crippen molar-refractivity contribution in [3.05, 3.63) is 128 Å². The maximum Gasteiger partial charge on any atom is 0.293 e. The van der Waals surface area contributed by atoms with Crippen LogP contribution in [-0.4, -0.2) is 124 Å². The summed E-state index contributed by atoms with van der Waals surface area (Å²) in [5.41, 5.74) is 7.45. The van der Waals surface area contributed by atoms with Gasteiger partial charge in [-0.05, 0) is 108 Å². The number of hydrogen-bond acceptors (Lipinski definition) is 12. The Morgan fingerprint density at radius 3 is 2.51 bits per heavy atom. The van der Waals surface area contributed by atoms with Gasteiger partial charge in [0.15, 0.2) is 0 Å². The number of hydrogen-bond donors (Lipinski definition) is 1. The van der Waals surface area contributed by atoms with Gasteiger partial charge < -0.3 is 29.0 Å². The van der Waals surface area contributed by atoms with E-state index in [-0.39, 0.29) is 40.8 Å². The Morgan fingerprint density at radius 1 is 1.00 bits per heavy atom. The van der Waals surface area contributed by atoms with E-state index in [1.54, 1.807) is 12.3 Å². The molecule has 15 nitrogen and oxygen atoms in total. The summed E-state index contributed by atoms with van der Waals surface area (Å²) >= 11 is 6.28. The van der Waals surface area contributed by atoms with Gasteiger partial charge in [0.05, 0.1) is 35.7 Å². The number of fused-ring (bicyclic) bond motifs is 2. The zero-order valence-electron chi connectivity index (χ0n) is 40.8. The topological polar surface area (TPSA) is 162 Å². The SMILES string of the molecule is CC1(C)CCC(CN2CCN(c3ccc4c(c3)C(c3cnc5c(ccn5COCC[Si](C)(C)C)c3)CN(S(=O)(=O)c3ccc(NC[C@H]5COCCO5)c([N+](=O)[O-])c3)C4=O)CC2)=C(c2ccc(Cl)cc2)C1. The Bertz CT molecular complexity index is 2890. The smallest absolute Gasteiger partial charge is 0.293 e. The number of nitro groups is 1. The Kier molecular flexibility index (Phi) is 14.6. The number of carbonyl (C=O) groups excluding carboxylic acids is 1. The molecule has 2 aromatic heterocycles. The Balaban J connectivity index is 0.992. The lowest BCUT2D eigenvalue weighted by Crippen LogP contribution is -2.47. The molecule has 0 radical (unpaired) electrons. The standard InChI is InChI=1S/C52H64ClN7O8SSi/c1-52(2)16-14-38(46(29-52)36-6-8-40(53)9-7-36)32-56-18-20-57(21-19-56)41-10-12-44-45(27-41)47(39-26-37-15-17-58(50(37)55-30-39)35-67-24-25-70(3,4)5)33-59(51(44)61)69(64,65)43-11-13-48(49(28-43)60(62)63)54-31-42-34-66-22-23-68-42/h6-13,15,17,26-28,30,42,47,54H,14,16,18-25,29,31-35H2,1-5H3/t42-,47?/m0/s1. The minimum Gasteiger partial charge on any atom is -0.377 e. The highest BCUT2D eigenvalue weighted by atomic mass is 35.5. The van der Waals surface area contributed by atoms with Crippen molar-refractivity contribution in [1.82, 2.24) is 18.8 Å². The Morgan fingerprint density at radius 2 is 1.79 bits per heavy atom. The van der Waals surface area contributed by atoms with E-state index in [2.05, 4.69) is 60.7 Å². The number of ether oxygens (including phenoxy) is 3. The fraction of sp³-hybridized carbons (Fsp3) is 0.462. The van der Waals surface area contributed by atoms with Crippen LogP contribution >= 0.6 is 11.6 Å². The molecule has 3 aromatic carbocycles. The van der Waals surface area contributed by atoms with Crippen molar-refractivity contribution in [2.24, 2.45) is 5.41 Å². The number of piperazine rings is 1. The van der Waals surface area contributed by atoms with E-state index in [1.165, 1.54) is 28.8 Å². The van der Waals surface area contributed by atoms with Crippen LogP contribution in [0, 0.1) is 15.5 Å². The van der Waals surface area contributed by atoms with Crippen molar-refractivity contribution < 1.29 is 32.3 Å². The second-order valence-corrected chi connectivity index (χ2v) is 29.0. The predicted molar refractivity (Wildman–Crippen MR) is 277 cm³/mol. The second-order valence-electron chi connectivity index (χ2n) is 21.1. The van der Waals surface area contributed by atoms with Crippen LogP contribution in [0.4, 0.5) is 17.1 Å². The van der Waals surface area contributed by atoms with Gasteiger partial charge in [-0.2, -0.15) is 0 Å². The summed E-state index contributed by atoms with van der Waals surface area (Å²) in [6, 6.07) is 22.6. The lowest BCUT2D eigenvalue weighted by atomic mass is 9.72. The summed E-state index contributed by atoms with van der Waals surface area (Å²) in [4.78, 5) is 35.8. The first-order valence-electron chi connectivity index (χ1n) is 24.3. The van der Waals surface area contributed by atoms with Gasteiger partial charge in [-0.15, -0.1) is 0 Å². The third-order valence-electron chi connectivity index (χ3n) is 14.2. The Hall–Kier alpha value is -5.14. The first-order valence-corrected chi connectivity index (χ1v) is 29.8. The molecule has 372 valence electrons. The van der Waals surface area contributed by atoms with Crippen LogP contribution in [0.15, 0.2) is 95.7 Å². The summed E-state index contributed by atoms with van der Waals surface area (Å²) in [7, 11) is -5.87. The van der Waals surface area contributed by atoms with Crippen molar-refractivity contribution in [2.75, 3.05) is 82.5 Å². The number of pyridine rings is 1. The van der Waals surface area contributed by atoms with Gasteiger partial charge in [-0.1, -0.05) is 62.8 Å². The first-order chi connectivity index (χ1) is 33.4. The van der Waals surface area contributed by atoms with Crippen LogP contribution < -0.4 is 10.2 Å². The van der Waals surface area contributed by atoms with Crippen molar-refractivity contribution in [1.29, 1.82) is 0 Å². The molecule has 4 aliphatic rings. The average molecular weight is 1010 g/mol. The molecule has 1 unspecified atom stereocenters. The molecule has 9 rings (SSSR count). The molecule has 0 bridgehead atoms. The van der Waals surface area contributed by atoms with Gasteiger partial charge >= 0.3 is 0 Å². The molecular formula is C52H64ClN7O8SSi. The first kappa shape index (κ1) is 49.8. The van der Waals surface area contributed by atoms with E-state index in [0.29, 0.717) is 38.7 Å². The zero-order valence-corrected chi connectivity index (χ0v) is 43.4. The number of carbonyl (C=O) groups is 1. The number of sulfonamides is 1. The van der Waals surface area contributed by atoms with Gasteiger partial charge in [0.1, 0.15) is 18.1 Å². The van der Waals surface area contributed by atoms with Gasteiger partial charge in [0, 0.05) is 107 Å². The summed E-state index contributed by atoms with van der Waals surface area (Å²) in [5, 5.41) is 17.0. The Labute approximate surface area is 416 Å².